The number of nitrogens with one attached hydrogen (secondary N) is 1. The molecule has 0 aliphatic carbocycles. The highest BCUT2D eigenvalue weighted by Gasteiger charge is 2.31. The standard InChI is InChI=1S/C15H16F2N4O/c16-12(17)9-18-15(22)11-7-4-8-21-13(19-20-14(11)21)10-5-2-1-3-6-10/h1-3,5-6,11-12H,4,7-9H2,(H,18,22). The minimum atomic E-state index is -2.55. The monoisotopic (exact) mass is 306 g/mol. The zero-order valence-corrected chi connectivity index (χ0v) is 11.9. The second kappa shape index (κ2) is 6.21. The summed E-state index contributed by atoms with van der Waals surface area (Å²) in [4.78, 5) is 12.1. The number of carbonyl (C=O) groups is 1. The fourth-order valence-electron chi connectivity index (χ4n) is 2.73. The van der Waals surface area contributed by atoms with Crippen LogP contribution in [0.2, 0.25) is 0 Å². The lowest BCUT2D eigenvalue weighted by Crippen LogP contribution is -2.35. The van der Waals surface area contributed by atoms with Gasteiger partial charge in [-0.1, -0.05) is 30.3 Å². The van der Waals surface area contributed by atoms with Crippen LogP contribution in [0.3, 0.4) is 0 Å². The van der Waals surface area contributed by atoms with E-state index in [2.05, 4.69) is 15.5 Å². The van der Waals surface area contributed by atoms with Gasteiger partial charge in [0.1, 0.15) is 5.82 Å². The number of hydrogen-bond donors (Lipinski definition) is 1. The molecule has 22 heavy (non-hydrogen) atoms. The molecule has 0 radical (unpaired) electrons. The van der Waals surface area contributed by atoms with Crippen LogP contribution in [0.1, 0.15) is 24.6 Å². The number of fused-ring (bicyclic) bond motifs is 1. The van der Waals surface area contributed by atoms with Gasteiger partial charge in [-0.25, -0.2) is 8.78 Å². The molecule has 0 saturated carbocycles. The smallest absolute Gasteiger partial charge is 0.255 e. The summed E-state index contributed by atoms with van der Waals surface area (Å²) < 4.78 is 26.4. The molecular formula is C15H16F2N4O. The van der Waals surface area contributed by atoms with Crippen molar-refractivity contribution in [3.05, 3.63) is 36.2 Å². The summed E-state index contributed by atoms with van der Waals surface area (Å²) in [5, 5.41) is 10.6. The molecule has 1 aromatic heterocycles. The molecule has 1 aromatic carbocycles. The summed E-state index contributed by atoms with van der Waals surface area (Å²) in [6.07, 6.45) is -1.16. The van der Waals surface area contributed by atoms with E-state index in [1.807, 2.05) is 34.9 Å². The first-order valence-corrected chi connectivity index (χ1v) is 7.21. The van der Waals surface area contributed by atoms with Crippen molar-refractivity contribution < 1.29 is 13.6 Å². The van der Waals surface area contributed by atoms with Crippen LogP contribution in [-0.2, 0) is 11.3 Å². The van der Waals surface area contributed by atoms with Gasteiger partial charge in [-0.15, -0.1) is 10.2 Å². The maximum atomic E-state index is 12.2. The van der Waals surface area contributed by atoms with Crippen LogP contribution in [0, 0.1) is 0 Å². The van der Waals surface area contributed by atoms with E-state index in [1.165, 1.54) is 0 Å². The van der Waals surface area contributed by atoms with Gasteiger partial charge in [0, 0.05) is 12.1 Å². The Bertz CT molecular complexity index is 657. The zero-order valence-electron chi connectivity index (χ0n) is 11.9. The molecule has 5 nitrogen and oxygen atoms in total. The number of carbonyl (C=O) groups excluding carboxylic acids is 1. The number of halogens is 2. The molecule has 0 fully saturated rings. The Kier molecular flexibility index (Phi) is 4.13. The van der Waals surface area contributed by atoms with E-state index in [1.54, 1.807) is 0 Å². The van der Waals surface area contributed by atoms with Crippen LogP contribution >= 0.6 is 0 Å². The molecule has 0 saturated heterocycles. The van der Waals surface area contributed by atoms with E-state index in [4.69, 9.17) is 0 Å². The van der Waals surface area contributed by atoms with Gasteiger partial charge in [0.2, 0.25) is 5.91 Å². The molecule has 1 amide bonds. The quantitative estimate of drug-likeness (QED) is 0.942. The molecule has 0 spiro atoms. The normalized spacial score (nSPS) is 17.3. The maximum absolute atomic E-state index is 12.2. The van der Waals surface area contributed by atoms with Crippen molar-refractivity contribution >= 4 is 5.91 Å². The van der Waals surface area contributed by atoms with E-state index >= 15 is 0 Å². The largest absolute Gasteiger partial charge is 0.350 e. The van der Waals surface area contributed by atoms with Gasteiger partial charge in [-0.05, 0) is 12.8 Å². The summed E-state index contributed by atoms with van der Waals surface area (Å²) >= 11 is 0. The first kappa shape index (κ1) is 14.6. The third-order valence-corrected chi connectivity index (χ3v) is 3.74. The van der Waals surface area contributed by atoms with Gasteiger partial charge in [-0.3, -0.25) is 4.79 Å². The Hall–Kier alpha value is -2.31. The molecule has 0 bridgehead atoms. The number of aromatic nitrogens is 3. The third-order valence-electron chi connectivity index (χ3n) is 3.74. The highest BCUT2D eigenvalue weighted by atomic mass is 19.3. The average Bonchev–Trinajstić information content (AvgIpc) is 2.97. The summed E-state index contributed by atoms with van der Waals surface area (Å²) in [7, 11) is 0. The second-order valence-electron chi connectivity index (χ2n) is 5.23. The van der Waals surface area contributed by atoms with Crippen LogP contribution < -0.4 is 5.32 Å². The van der Waals surface area contributed by atoms with Crippen LogP contribution in [0.15, 0.2) is 30.3 Å². The van der Waals surface area contributed by atoms with Gasteiger partial charge in [0.05, 0.1) is 12.5 Å². The van der Waals surface area contributed by atoms with Crippen LogP contribution in [0.5, 0.6) is 0 Å². The van der Waals surface area contributed by atoms with Crippen molar-refractivity contribution in [3.8, 4) is 11.4 Å². The van der Waals surface area contributed by atoms with Gasteiger partial charge in [0.15, 0.2) is 5.82 Å². The van der Waals surface area contributed by atoms with Gasteiger partial charge < -0.3 is 9.88 Å². The maximum Gasteiger partial charge on any atom is 0.255 e. The van der Waals surface area contributed by atoms with E-state index < -0.39 is 24.8 Å². The summed E-state index contributed by atoms with van der Waals surface area (Å²) in [6.45, 7) is 0.0974. The number of alkyl halides is 2. The van der Waals surface area contributed by atoms with Crippen molar-refractivity contribution in [2.24, 2.45) is 0 Å². The molecule has 2 aromatic rings. The van der Waals surface area contributed by atoms with Crippen LogP contribution in [0.25, 0.3) is 11.4 Å². The Balaban J connectivity index is 1.86. The molecular weight excluding hydrogens is 290 g/mol. The molecule has 7 heteroatoms. The van der Waals surface area contributed by atoms with Gasteiger partial charge >= 0.3 is 0 Å². The Morgan fingerprint density at radius 2 is 2.09 bits per heavy atom. The van der Waals surface area contributed by atoms with E-state index in [0.717, 1.165) is 18.5 Å². The SMILES string of the molecule is O=C(NCC(F)F)C1CCCn2c(-c3ccccc3)nnc21. The lowest BCUT2D eigenvalue weighted by Gasteiger charge is -2.23. The highest BCUT2D eigenvalue weighted by Crippen LogP contribution is 2.30. The number of rotatable bonds is 4. The van der Waals surface area contributed by atoms with Gasteiger partial charge in [-0.2, -0.15) is 0 Å². The van der Waals surface area contributed by atoms with Crippen molar-refractivity contribution in [2.45, 2.75) is 31.7 Å². The molecule has 1 aliphatic heterocycles. The fourth-order valence-corrected chi connectivity index (χ4v) is 2.73. The van der Waals surface area contributed by atoms with Crippen molar-refractivity contribution in [3.63, 3.8) is 0 Å². The topological polar surface area (TPSA) is 59.8 Å². The first-order chi connectivity index (χ1) is 10.7. The first-order valence-electron chi connectivity index (χ1n) is 7.21. The predicted octanol–water partition coefficient (Wildman–Crippen LogP) is 2.20. The van der Waals surface area contributed by atoms with E-state index in [9.17, 15) is 13.6 Å². The predicted molar refractivity (Wildman–Crippen MR) is 76.4 cm³/mol. The lowest BCUT2D eigenvalue weighted by atomic mass is 9.97. The molecule has 3 rings (SSSR count). The molecule has 1 atom stereocenters. The summed E-state index contributed by atoms with van der Waals surface area (Å²) in [5.41, 5.74) is 0.926. The van der Waals surface area contributed by atoms with Gasteiger partial charge in [0.25, 0.3) is 6.43 Å². The van der Waals surface area contributed by atoms with Crippen molar-refractivity contribution in [1.29, 1.82) is 0 Å². The second-order valence-corrected chi connectivity index (χ2v) is 5.23. The summed E-state index contributed by atoms with van der Waals surface area (Å²) in [6, 6.07) is 9.59. The molecule has 1 unspecified atom stereocenters. The number of nitrogens with zero attached hydrogens (tertiary/aromatic N) is 3. The number of benzene rings is 1. The minimum Gasteiger partial charge on any atom is -0.350 e. The Morgan fingerprint density at radius 3 is 2.82 bits per heavy atom. The number of hydrogen-bond acceptors (Lipinski definition) is 3. The molecule has 116 valence electrons. The molecule has 2 heterocycles. The summed E-state index contributed by atoms with van der Waals surface area (Å²) in [5.74, 6) is 0.338. The van der Waals surface area contributed by atoms with Crippen molar-refractivity contribution in [2.75, 3.05) is 6.54 Å². The molecule has 1 aliphatic rings. The zero-order chi connectivity index (χ0) is 15.5. The van der Waals surface area contributed by atoms with Crippen molar-refractivity contribution in [1.82, 2.24) is 20.1 Å². The highest BCUT2D eigenvalue weighted by molar-refractivity contribution is 5.83. The Morgan fingerprint density at radius 1 is 1.32 bits per heavy atom. The van der Waals surface area contributed by atoms with Crippen LogP contribution in [-0.4, -0.2) is 33.6 Å². The molecule has 1 N–H and O–H groups in total. The van der Waals surface area contributed by atoms with E-state index in [0.29, 0.717) is 18.1 Å². The van der Waals surface area contributed by atoms with Crippen LogP contribution in [0.4, 0.5) is 8.78 Å². The number of amides is 1. The lowest BCUT2D eigenvalue weighted by molar-refractivity contribution is -0.123. The Labute approximate surface area is 126 Å². The average molecular weight is 306 g/mol. The third kappa shape index (κ3) is 2.84. The van der Waals surface area contributed by atoms with E-state index in [-0.39, 0.29) is 0 Å². The minimum absolute atomic E-state index is 0.409. The fraction of sp³-hybridized carbons (Fsp3) is 0.400.